The van der Waals surface area contributed by atoms with Crippen molar-refractivity contribution >= 4 is 23.6 Å². The van der Waals surface area contributed by atoms with Gasteiger partial charge in [0.2, 0.25) is 11.8 Å². The number of rotatable bonds is 6. The number of ether oxygens (including phenoxy) is 1. The van der Waals surface area contributed by atoms with Gasteiger partial charge in [0, 0.05) is 24.4 Å². The van der Waals surface area contributed by atoms with E-state index in [1.807, 2.05) is 24.3 Å². The Morgan fingerprint density at radius 1 is 1.35 bits per heavy atom. The van der Waals surface area contributed by atoms with Gasteiger partial charge in [0.25, 0.3) is 0 Å². The van der Waals surface area contributed by atoms with Crippen LogP contribution in [0.15, 0.2) is 29.2 Å². The minimum Gasteiger partial charge on any atom is -0.497 e. The first-order valence-electron chi connectivity index (χ1n) is 7.81. The number of thioether (sulfide) groups is 1. The van der Waals surface area contributed by atoms with Crippen molar-refractivity contribution in [3.05, 3.63) is 24.3 Å². The molecule has 1 aromatic rings. The highest BCUT2D eigenvalue weighted by Crippen LogP contribution is 2.23. The van der Waals surface area contributed by atoms with Gasteiger partial charge in [-0.05, 0) is 50.3 Å². The SMILES string of the molecule is COc1ccc(SCCCC(=O)N2CCNC(=O)C2(C)C)cc1. The molecule has 0 saturated carbocycles. The van der Waals surface area contributed by atoms with Crippen LogP contribution in [0.1, 0.15) is 26.7 Å². The molecule has 6 heteroatoms. The maximum Gasteiger partial charge on any atom is 0.245 e. The second-order valence-electron chi connectivity index (χ2n) is 5.99. The molecule has 1 saturated heterocycles. The zero-order valence-electron chi connectivity index (χ0n) is 13.9. The Morgan fingerprint density at radius 2 is 2.04 bits per heavy atom. The number of nitrogens with zero attached hydrogens (tertiary/aromatic N) is 1. The molecule has 1 N–H and O–H groups in total. The lowest BCUT2D eigenvalue weighted by atomic mass is 9.98. The molecule has 2 rings (SSSR count). The number of nitrogens with one attached hydrogen (secondary N) is 1. The maximum absolute atomic E-state index is 12.4. The number of piperazine rings is 1. The van der Waals surface area contributed by atoms with E-state index in [9.17, 15) is 9.59 Å². The van der Waals surface area contributed by atoms with Crippen LogP contribution in [-0.4, -0.2) is 48.2 Å². The van der Waals surface area contributed by atoms with Crippen molar-refractivity contribution in [3.8, 4) is 5.75 Å². The zero-order valence-corrected chi connectivity index (χ0v) is 14.7. The average Bonchev–Trinajstić information content (AvgIpc) is 2.54. The van der Waals surface area contributed by atoms with Gasteiger partial charge in [-0.15, -0.1) is 11.8 Å². The van der Waals surface area contributed by atoms with Gasteiger partial charge in [0.1, 0.15) is 11.3 Å². The summed E-state index contributed by atoms with van der Waals surface area (Å²) in [4.78, 5) is 27.1. The maximum atomic E-state index is 12.4. The third-order valence-corrected chi connectivity index (χ3v) is 5.11. The fourth-order valence-corrected chi connectivity index (χ4v) is 3.41. The van der Waals surface area contributed by atoms with Crippen LogP contribution < -0.4 is 10.1 Å². The third-order valence-electron chi connectivity index (χ3n) is 4.02. The molecular weight excluding hydrogens is 312 g/mol. The highest BCUT2D eigenvalue weighted by atomic mass is 32.2. The Hall–Kier alpha value is -1.69. The van der Waals surface area contributed by atoms with Crippen molar-refractivity contribution in [1.29, 1.82) is 0 Å². The molecule has 2 amide bonds. The molecule has 0 aliphatic carbocycles. The van der Waals surface area contributed by atoms with Gasteiger partial charge in [-0.1, -0.05) is 0 Å². The molecule has 1 heterocycles. The number of hydrogen-bond acceptors (Lipinski definition) is 4. The first-order chi connectivity index (χ1) is 10.9. The average molecular weight is 336 g/mol. The number of amides is 2. The fourth-order valence-electron chi connectivity index (χ4n) is 2.56. The predicted octanol–water partition coefficient (Wildman–Crippen LogP) is 2.30. The Morgan fingerprint density at radius 3 is 2.70 bits per heavy atom. The van der Waals surface area contributed by atoms with Crippen molar-refractivity contribution in [1.82, 2.24) is 10.2 Å². The Labute approximate surface area is 141 Å². The Kier molecular flexibility index (Phi) is 5.93. The van der Waals surface area contributed by atoms with E-state index < -0.39 is 5.54 Å². The highest BCUT2D eigenvalue weighted by Gasteiger charge is 2.39. The standard InChI is InChI=1S/C17H24N2O3S/c1-17(2)16(21)18-10-11-19(17)15(20)5-4-12-23-14-8-6-13(22-3)7-9-14/h6-9H,4-5,10-12H2,1-3H3,(H,18,21). The van der Waals surface area contributed by atoms with E-state index in [0.717, 1.165) is 22.8 Å². The second-order valence-corrected chi connectivity index (χ2v) is 7.16. The van der Waals surface area contributed by atoms with Crippen LogP contribution in [0.2, 0.25) is 0 Å². The molecule has 23 heavy (non-hydrogen) atoms. The zero-order chi connectivity index (χ0) is 16.9. The summed E-state index contributed by atoms with van der Waals surface area (Å²) in [5.74, 6) is 1.69. The normalized spacial score (nSPS) is 16.8. The summed E-state index contributed by atoms with van der Waals surface area (Å²) in [6.07, 6.45) is 1.27. The summed E-state index contributed by atoms with van der Waals surface area (Å²) in [6, 6.07) is 7.90. The topological polar surface area (TPSA) is 58.6 Å². The van der Waals surface area contributed by atoms with Gasteiger partial charge >= 0.3 is 0 Å². The molecule has 0 atom stereocenters. The van der Waals surface area contributed by atoms with Crippen LogP contribution in [0.4, 0.5) is 0 Å². The largest absolute Gasteiger partial charge is 0.497 e. The summed E-state index contributed by atoms with van der Waals surface area (Å²) >= 11 is 1.72. The van der Waals surface area contributed by atoms with Gasteiger partial charge in [-0.2, -0.15) is 0 Å². The van der Waals surface area contributed by atoms with Gasteiger partial charge in [0.05, 0.1) is 7.11 Å². The first-order valence-corrected chi connectivity index (χ1v) is 8.79. The van der Waals surface area contributed by atoms with Crippen LogP contribution in [-0.2, 0) is 9.59 Å². The van der Waals surface area contributed by atoms with E-state index in [1.165, 1.54) is 0 Å². The van der Waals surface area contributed by atoms with Crippen LogP contribution in [0.25, 0.3) is 0 Å². The van der Waals surface area contributed by atoms with Crippen molar-refractivity contribution in [2.75, 3.05) is 26.0 Å². The van der Waals surface area contributed by atoms with Crippen molar-refractivity contribution < 1.29 is 14.3 Å². The molecule has 0 bridgehead atoms. The number of hydrogen-bond donors (Lipinski definition) is 1. The Bertz CT molecular complexity index is 557. The third kappa shape index (κ3) is 4.41. The van der Waals surface area contributed by atoms with E-state index in [1.54, 1.807) is 37.6 Å². The van der Waals surface area contributed by atoms with Crippen molar-refractivity contribution in [2.45, 2.75) is 37.1 Å². The number of carbonyl (C=O) groups is 2. The number of benzene rings is 1. The first kappa shape index (κ1) is 17.7. The Balaban J connectivity index is 1.77. The molecule has 1 aliphatic rings. The summed E-state index contributed by atoms with van der Waals surface area (Å²) < 4.78 is 5.13. The molecular formula is C17H24N2O3S. The smallest absolute Gasteiger partial charge is 0.245 e. The van der Waals surface area contributed by atoms with Gasteiger partial charge < -0.3 is 15.0 Å². The molecule has 1 fully saturated rings. The second kappa shape index (κ2) is 7.73. The molecule has 126 valence electrons. The van der Waals surface area contributed by atoms with E-state index in [-0.39, 0.29) is 11.8 Å². The van der Waals surface area contributed by atoms with Crippen LogP contribution >= 0.6 is 11.8 Å². The molecule has 0 spiro atoms. The van der Waals surface area contributed by atoms with E-state index in [2.05, 4.69) is 5.32 Å². The van der Waals surface area contributed by atoms with E-state index in [4.69, 9.17) is 4.74 Å². The molecule has 5 nitrogen and oxygen atoms in total. The monoisotopic (exact) mass is 336 g/mol. The minimum atomic E-state index is -0.752. The summed E-state index contributed by atoms with van der Waals surface area (Å²) in [6.45, 7) is 4.72. The molecule has 1 aliphatic heterocycles. The van der Waals surface area contributed by atoms with Crippen LogP contribution in [0, 0.1) is 0 Å². The molecule has 0 unspecified atom stereocenters. The van der Waals surface area contributed by atoms with Gasteiger partial charge in [0.15, 0.2) is 0 Å². The fraction of sp³-hybridized carbons (Fsp3) is 0.529. The van der Waals surface area contributed by atoms with Gasteiger partial charge in [-0.3, -0.25) is 9.59 Å². The summed E-state index contributed by atoms with van der Waals surface area (Å²) in [5, 5.41) is 2.81. The number of carbonyl (C=O) groups excluding carboxylic acids is 2. The van der Waals surface area contributed by atoms with E-state index >= 15 is 0 Å². The van der Waals surface area contributed by atoms with Crippen LogP contribution in [0.5, 0.6) is 5.75 Å². The van der Waals surface area contributed by atoms with Crippen molar-refractivity contribution in [2.24, 2.45) is 0 Å². The molecule has 0 aromatic heterocycles. The lowest BCUT2D eigenvalue weighted by Crippen LogP contribution is -2.63. The van der Waals surface area contributed by atoms with Crippen LogP contribution in [0.3, 0.4) is 0 Å². The molecule has 1 aromatic carbocycles. The predicted molar refractivity (Wildman–Crippen MR) is 91.8 cm³/mol. The van der Waals surface area contributed by atoms with Gasteiger partial charge in [-0.25, -0.2) is 0 Å². The highest BCUT2D eigenvalue weighted by molar-refractivity contribution is 7.99. The number of methoxy groups -OCH3 is 1. The summed E-state index contributed by atoms with van der Waals surface area (Å²) in [7, 11) is 1.65. The van der Waals surface area contributed by atoms with Crippen molar-refractivity contribution in [3.63, 3.8) is 0 Å². The summed E-state index contributed by atoms with van der Waals surface area (Å²) in [5.41, 5.74) is -0.752. The molecule has 0 radical (unpaired) electrons. The quantitative estimate of drug-likeness (QED) is 0.640. The lowest BCUT2D eigenvalue weighted by Gasteiger charge is -2.41. The minimum absolute atomic E-state index is 0.0557. The lowest BCUT2D eigenvalue weighted by molar-refractivity contribution is -0.149. The van der Waals surface area contributed by atoms with E-state index in [0.29, 0.717) is 19.5 Å².